The molecule has 0 bridgehead atoms. The minimum Gasteiger partial charge on any atom is -0.292 e. The lowest BCUT2D eigenvalue weighted by atomic mass is 9.67. The van der Waals surface area contributed by atoms with Crippen LogP contribution in [0.5, 0.6) is 0 Å². The fourth-order valence-electron chi connectivity index (χ4n) is 3.90. The van der Waals surface area contributed by atoms with E-state index in [9.17, 15) is 14.7 Å². The molecule has 114 valence electrons. The molecule has 0 radical (unpaired) electrons. The van der Waals surface area contributed by atoms with Gasteiger partial charge in [-0.05, 0) is 40.7 Å². The van der Waals surface area contributed by atoms with E-state index in [4.69, 9.17) is 0 Å². The average Bonchev–Trinajstić information content (AvgIpc) is 2.21. The first-order valence-corrected chi connectivity index (χ1v) is 8.94. The monoisotopic (exact) mass is 292 g/mol. The van der Waals surface area contributed by atoms with Crippen molar-refractivity contribution in [2.75, 3.05) is 6.54 Å². The molecule has 4 nitrogen and oxygen atoms in total. The Morgan fingerprint density at radius 2 is 1.32 bits per heavy atom. The van der Waals surface area contributed by atoms with E-state index in [0.717, 1.165) is 13.0 Å². The summed E-state index contributed by atoms with van der Waals surface area (Å²) in [5, 5.41) is 0. The van der Waals surface area contributed by atoms with Crippen molar-refractivity contribution in [3.8, 4) is 0 Å². The van der Waals surface area contributed by atoms with Crippen LogP contribution in [0.1, 0.15) is 54.9 Å². The van der Waals surface area contributed by atoms with Gasteiger partial charge in [0.25, 0.3) is 0 Å². The van der Waals surface area contributed by atoms with Gasteiger partial charge >= 0.3 is 7.94 Å². The summed E-state index contributed by atoms with van der Waals surface area (Å²) in [6, 6.07) is 0. The molecule has 2 unspecified atom stereocenters. The van der Waals surface area contributed by atoms with Gasteiger partial charge in [0.2, 0.25) is 0 Å². The van der Waals surface area contributed by atoms with E-state index in [1.54, 1.807) is 0 Å². The van der Waals surface area contributed by atoms with Gasteiger partial charge in [-0.3, -0.25) is 4.90 Å². The summed E-state index contributed by atoms with van der Waals surface area (Å²) in [6.45, 7) is 15.8. The van der Waals surface area contributed by atoms with Gasteiger partial charge in [-0.15, -0.1) is 0 Å². The number of hydrogen-bond donors (Lipinski definition) is 3. The minimum absolute atomic E-state index is 0.0235. The smallest absolute Gasteiger partial charge is 0.292 e. The van der Waals surface area contributed by atoms with Gasteiger partial charge < -0.3 is 0 Å². The molecule has 1 saturated heterocycles. The molecular weight excluding hydrogens is 261 g/mol. The number of nitrogens with zero attached hydrogens (tertiary/aromatic N) is 1. The predicted octanol–water partition coefficient (Wildman–Crippen LogP) is 2.65. The van der Waals surface area contributed by atoms with Crippen LogP contribution in [0.25, 0.3) is 0 Å². The van der Waals surface area contributed by atoms with E-state index in [1.807, 2.05) is 13.8 Å². The summed E-state index contributed by atoms with van der Waals surface area (Å²) >= 11 is 0. The minimum atomic E-state index is -3.84. The van der Waals surface area contributed by atoms with Gasteiger partial charge in [-0.25, -0.2) is 0 Å². The Balaban J connectivity index is 3.28. The van der Waals surface area contributed by atoms with Crippen molar-refractivity contribution < 1.29 is 14.7 Å². The maximum absolute atomic E-state index is 9.87. The Kier molecular flexibility index (Phi) is 4.77. The molecule has 1 aliphatic rings. The first kappa shape index (κ1) is 17.3. The van der Waals surface area contributed by atoms with E-state index in [0.29, 0.717) is 0 Å². The Morgan fingerprint density at radius 3 is 1.58 bits per heavy atom. The summed E-state index contributed by atoms with van der Waals surface area (Å²) in [4.78, 5) is 32.1. The molecule has 0 spiro atoms. The zero-order valence-corrected chi connectivity index (χ0v) is 14.3. The van der Waals surface area contributed by atoms with Crippen molar-refractivity contribution in [2.45, 2.75) is 71.6 Å². The van der Waals surface area contributed by atoms with Crippen molar-refractivity contribution in [2.24, 2.45) is 11.8 Å². The molecular formula is C14H31NO3P+. The Hall–Kier alpha value is 0.270. The van der Waals surface area contributed by atoms with Crippen molar-refractivity contribution >= 4 is 7.94 Å². The number of piperidine rings is 1. The van der Waals surface area contributed by atoms with Crippen LogP contribution in [-0.4, -0.2) is 42.9 Å². The van der Waals surface area contributed by atoms with Crippen LogP contribution >= 0.6 is 7.94 Å². The maximum Gasteiger partial charge on any atom is 0.407 e. The van der Waals surface area contributed by atoms with E-state index >= 15 is 0 Å². The first-order valence-electron chi connectivity index (χ1n) is 7.23. The molecule has 5 heteroatoms. The van der Waals surface area contributed by atoms with Crippen LogP contribution in [0.3, 0.4) is 0 Å². The van der Waals surface area contributed by atoms with Gasteiger partial charge in [0.05, 0.1) is 0 Å². The third-order valence-corrected chi connectivity index (χ3v) is 7.19. The molecule has 0 aromatic rings. The first-order chi connectivity index (χ1) is 8.38. The maximum atomic E-state index is 9.87. The summed E-state index contributed by atoms with van der Waals surface area (Å²) < 4.78 is 0. The normalized spacial score (nSPS) is 35.4. The molecule has 1 heterocycles. The predicted molar refractivity (Wildman–Crippen MR) is 80.8 cm³/mol. The third kappa shape index (κ3) is 2.84. The molecule has 1 rings (SSSR count). The van der Waals surface area contributed by atoms with Crippen molar-refractivity contribution in [3.05, 3.63) is 0 Å². The van der Waals surface area contributed by atoms with Crippen molar-refractivity contribution in [3.63, 3.8) is 0 Å². The third-order valence-electron chi connectivity index (χ3n) is 5.49. The molecule has 1 aliphatic heterocycles. The summed E-state index contributed by atoms with van der Waals surface area (Å²) in [5.74, 6) is 0.0471. The fraction of sp³-hybridized carbons (Fsp3) is 1.00. The van der Waals surface area contributed by atoms with E-state index < -0.39 is 13.6 Å². The van der Waals surface area contributed by atoms with Gasteiger partial charge in [0.1, 0.15) is 0 Å². The molecule has 2 atom stereocenters. The van der Waals surface area contributed by atoms with Crippen LogP contribution in [0.4, 0.5) is 0 Å². The lowest BCUT2D eigenvalue weighted by Gasteiger charge is -2.60. The van der Waals surface area contributed by atoms with Crippen LogP contribution in [0, 0.1) is 11.8 Å². The molecule has 0 aromatic heterocycles. The van der Waals surface area contributed by atoms with Crippen molar-refractivity contribution in [1.82, 2.24) is 4.90 Å². The van der Waals surface area contributed by atoms with Crippen LogP contribution in [-0.2, 0) is 0 Å². The van der Waals surface area contributed by atoms with E-state index in [2.05, 4.69) is 39.5 Å². The highest BCUT2D eigenvalue weighted by Gasteiger charge is 2.63. The Labute approximate surface area is 118 Å². The standard InChI is InChI=1S/C14H31NO3P/c1-8-9-15-13(4,5)10(2)12(19(16,17)18)11(3)14(15,6)7/h10-12,16-18H,8-9H2,1-7H3/q+1. The lowest BCUT2D eigenvalue weighted by molar-refractivity contribution is -0.0925. The second-order valence-corrected chi connectivity index (χ2v) is 8.97. The van der Waals surface area contributed by atoms with Gasteiger partial charge in [-0.1, -0.05) is 20.8 Å². The van der Waals surface area contributed by atoms with Gasteiger partial charge in [0.15, 0.2) is 5.66 Å². The second-order valence-electron chi connectivity index (χ2n) is 7.14. The Bertz CT molecular complexity index is 303. The summed E-state index contributed by atoms with van der Waals surface area (Å²) in [5.41, 5.74) is -0.794. The second kappa shape index (κ2) is 5.23. The average molecular weight is 292 g/mol. The molecule has 3 N–H and O–H groups in total. The van der Waals surface area contributed by atoms with Crippen LogP contribution in [0.2, 0.25) is 0 Å². The largest absolute Gasteiger partial charge is 0.407 e. The number of likely N-dealkylation sites (tertiary alicyclic amines) is 1. The van der Waals surface area contributed by atoms with E-state index in [1.165, 1.54) is 0 Å². The zero-order valence-electron chi connectivity index (χ0n) is 13.4. The highest BCUT2D eigenvalue weighted by atomic mass is 31.2. The topological polar surface area (TPSA) is 63.9 Å². The molecule has 0 amide bonds. The zero-order chi connectivity index (χ0) is 15.2. The SMILES string of the molecule is CCCN1C(C)(C)C(C)C([P+](O)(O)O)C(C)C1(C)C. The Morgan fingerprint density at radius 1 is 0.947 bits per heavy atom. The fourth-order valence-corrected chi connectivity index (χ4v) is 5.83. The van der Waals surface area contributed by atoms with Gasteiger partial charge in [-0.2, -0.15) is 14.7 Å². The molecule has 0 aromatic carbocycles. The molecule has 0 aliphatic carbocycles. The number of rotatable bonds is 3. The molecule has 19 heavy (non-hydrogen) atoms. The summed E-state index contributed by atoms with van der Waals surface area (Å²) in [6.07, 6.45) is 1.06. The highest BCUT2D eigenvalue weighted by molar-refractivity contribution is 7.59. The lowest BCUT2D eigenvalue weighted by Crippen LogP contribution is -2.69. The van der Waals surface area contributed by atoms with E-state index in [-0.39, 0.29) is 22.9 Å². The number of hydrogen-bond acceptors (Lipinski definition) is 4. The van der Waals surface area contributed by atoms with Gasteiger partial charge in [0, 0.05) is 22.9 Å². The van der Waals surface area contributed by atoms with Crippen LogP contribution < -0.4 is 0 Å². The van der Waals surface area contributed by atoms with Crippen LogP contribution in [0.15, 0.2) is 0 Å². The molecule has 0 saturated carbocycles. The quantitative estimate of drug-likeness (QED) is 0.700. The highest BCUT2D eigenvalue weighted by Crippen LogP contribution is 2.63. The van der Waals surface area contributed by atoms with Crippen molar-refractivity contribution in [1.29, 1.82) is 0 Å². The molecule has 1 fully saturated rings. The summed E-state index contributed by atoms with van der Waals surface area (Å²) in [7, 11) is -3.84.